The molecular weight excluding hydrogens is 236 g/mol. The van der Waals surface area contributed by atoms with Crippen LogP contribution in [0.1, 0.15) is 19.3 Å². The Bertz CT molecular complexity index is 382. The van der Waals surface area contributed by atoms with Crippen molar-refractivity contribution in [3.8, 4) is 0 Å². The molecule has 2 fully saturated rings. The summed E-state index contributed by atoms with van der Waals surface area (Å²) in [5, 5.41) is 8.91. The molecule has 0 aromatic heterocycles. The molecule has 2 aliphatic rings. The number of rotatable bonds is 2. The number of nitrogens with zero attached hydrogens (tertiary/aromatic N) is 2. The van der Waals surface area contributed by atoms with E-state index in [9.17, 15) is 14.4 Å². The number of likely N-dealkylation sites (N-methyl/N-ethyl adjacent to an activating group) is 1. The van der Waals surface area contributed by atoms with Gasteiger partial charge in [-0.25, -0.2) is 0 Å². The second kappa shape index (κ2) is 4.96. The van der Waals surface area contributed by atoms with Gasteiger partial charge in [0, 0.05) is 26.1 Å². The van der Waals surface area contributed by atoms with E-state index >= 15 is 0 Å². The summed E-state index contributed by atoms with van der Waals surface area (Å²) in [6.07, 6.45) is 1.60. The predicted molar refractivity (Wildman–Crippen MR) is 62.7 cm³/mol. The summed E-state index contributed by atoms with van der Waals surface area (Å²) in [5.41, 5.74) is 0. The maximum atomic E-state index is 12.2. The Morgan fingerprint density at radius 3 is 2.44 bits per heavy atom. The Kier molecular flexibility index (Phi) is 3.54. The van der Waals surface area contributed by atoms with Gasteiger partial charge in [-0.15, -0.1) is 0 Å². The van der Waals surface area contributed by atoms with Crippen molar-refractivity contribution in [2.75, 3.05) is 26.7 Å². The van der Waals surface area contributed by atoms with E-state index in [-0.39, 0.29) is 24.3 Å². The molecular formula is C12H18N2O4. The summed E-state index contributed by atoms with van der Waals surface area (Å²) >= 11 is 0. The molecule has 2 amide bonds. The van der Waals surface area contributed by atoms with Crippen molar-refractivity contribution in [2.24, 2.45) is 11.8 Å². The molecule has 1 aliphatic carbocycles. The van der Waals surface area contributed by atoms with E-state index in [1.165, 1.54) is 0 Å². The SMILES string of the molecule is CN1CCN(C(=O)C2CCC(C(=O)O)C2)CC1=O. The first-order valence-electron chi connectivity index (χ1n) is 6.24. The summed E-state index contributed by atoms with van der Waals surface area (Å²) < 4.78 is 0. The lowest BCUT2D eigenvalue weighted by Gasteiger charge is -2.33. The third-order valence-electron chi connectivity index (χ3n) is 3.90. The minimum Gasteiger partial charge on any atom is -0.481 e. The highest BCUT2D eigenvalue weighted by Gasteiger charge is 2.37. The number of carboxylic acid groups (broad SMARTS) is 1. The lowest BCUT2D eigenvalue weighted by Crippen LogP contribution is -2.52. The van der Waals surface area contributed by atoms with Crippen molar-refractivity contribution in [1.82, 2.24) is 9.80 Å². The van der Waals surface area contributed by atoms with Gasteiger partial charge in [0.1, 0.15) is 0 Å². The normalized spacial score (nSPS) is 28.6. The van der Waals surface area contributed by atoms with Gasteiger partial charge in [0.05, 0.1) is 12.5 Å². The van der Waals surface area contributed by atoms with Gasteiger partial charge in [-0.3, -0.25) is 14.4 Å². The van der Waals surface area contributed by atoms with Crippen LogP contribution in [0.25, 0.3) is 0 Å². The molecule has 2 rings (SSSR count). The number of amides is 2. The summed E-state index contributed by atoms with van der Waals surface area (Å²) in [6, 6.07) is 0. The maximum absolute atomic E-state index is 12.2. The lowest BCUT2D eigenvalue weighted by atomic mass is 10.0. The van der Waals surface area contributed by atoms with Crippen molar-refractivity contribution in [2.45, 2.75) is 19.3 Å². The fraction of sp³-hybridized carbons (Fsp3) is 0.750. The van der Waals surface area contributed by atoms with E-state index in [0.717, 1.165) is 0 Å². The molecule has 1 saturated heterocycles. The third kappa shape index (κ3) is 2.47. The molecule has 18 heavy (non-hydrogen) atoms. The van der Waals surface area contributed by atoms with Gasteiger partial charge in [0.25, 0.3) is 0 Å². The fourth-order valence-corrected chi connectivity index (χ4v) is 2.63. The van der Waals surface area contributed by atoms with Crippen LogP contribution < -0.4 is 0 Å². The van der Waals surface area contributed by atoms with Gasteiger partial charge in [-0.2, -0.15) is 0 Å². The molecule has 2 atom stereocenters. The molecule has 0 radical (unpaired) electrons. The Balaban J connectivity index is 1.92. The first kappa shape index (κ1) is 12.9. The summed E-state index contributed by atoms with van der Waals surface area (Å²) in [4.78, 5) is 37.7. The van der Waals surface area contributed by atoms with Gasteiger partial charge >= 0.3 is 5.97 Å². The molecule has 6 nitrogen and oxygen atoms in total. The number of carbonyl (C=O) groups is 3. The quantitative estimate of drug-likeness (QED) is 0.739. The first-order chi connectivity index (χ1) is 8.49. The minimum atomic E-state index is -0.820. The standard InChI is InChI=1S/C12H18N2O4/c1-13-4-5-14(7-10(13)15)11(16)8-2-3-9(6-8)12(17)18/h8-9H,2-7H2,1H3,(H,17,18). The highest BCUT2D eigenvalue weighted by atomic mass is 16.4. The molecule has 0 spiro atoms. The molecule has 100 valence electrons. The number of hydrogen-bond donors (Lipinski definition) is 1. The van der Waals surface area contributed by atoms with Gasteiger partial charge in [0.2, 0.25) is 11.8 Å². The Labute approximate surface area is 106 Å². The molecule has 1 N–H and O–H groups in total. The molecule has 1 aliphatic heterocycles. The van der Waals surface area contributed by atoms with Crippen LogP contribution in [0.5, 0.6) is 0 Å². The van der Waals surface area contributed by atoms with E-state index in [4.69, 9.17) is 5.11 Å². The third-order valence-corrected chi connectivity index (χ3v) is 3.90. The van der Waals surface area contributed by atoms with Crippen molar-refractivity contribution in [1.29, 1.82) is 0 Å². The topological polar surface area (TPSA) is 77.9 Å². The van der Waals surface area contributed by atoms with Crippen LogP contribution in [0.4, 0.5) is 0 Å². The molecule has 6 heteroatoms. The van der Waals surface area contributed by atoms with Gasteiger partial charge < -0.3 is 14.9 Å². The van der Waals surface area contributed by atoms with Crippen LogP contribution in [-0.2, 0) is 14.4 Å². The molecule has 0 aromatic carbocycles. The second-order valence-corrected chi connectivity index (χ2v) is 5.12. The monoisotopic (exact) mass is 254 g/mol. The van der Waals surface area contributed by atoms with Gasteiger partial charge in [0.15, 0.2) is 0 Å². The summed E-state index contributed by atoms with van der Waals surface area (Å²) in [5.74, 6) is -1.55. The zero-order valence-electron chi connectivity index (χ0n) is 10.5. The molecule has 1 saturated carbocycles. The zero-order valence-corrected chi connectivity index (χ0v) is 10.5. The number of carboxylic acids is 1. The van der Waals surface area contributed by atoms with Crippen molar-refractivity contribution >= 4 is 17.8 Å². The van der Waals surface area contributed by atoms with Crippen LogP contribution >= 0.6 is 0 Å². The number of aliphatic carboxylic acids is 1. The van der Waals surface area contributed by atoms with Crippen molar-refractivity contribution in [3.05, 3.63) is 0 Å². The molecule has 2 unspecified atom stereocenters. The van der Waals surface area contributed by atoms with Gasteiger partial charge in [-0.1, -0.05) is 0 Å². The smallest absolute Gasteiger partial charge is 0.306 e. The van der Waals surface area contributed by atoms with Crippen LogP contribution in [0, 0.1) is 11.8 Å². The van der Waals surface area contributed by atoms with E-state index in [1.54, 1.807) is 16.8 Å². The highest BCUT2D eigenvalue weighted by molar-refractivity contribution is 5.87. The molecule has 0 aromatic rings. The van der Waals surface area contributed by atoms with E-state index < -0.39 is 11.9 Å². The average molecular weight is 254 g/mol. The summed E-state index contributed by atoms with van der Waals surface area (Å²) in [7, 11) is 1.72. The molecule has 0 bridgehead atoms. The van der Waals surface area contributed by atoms with Crippen molar-refractivity contribution in [3.63, 3.8) is 0 Å². The summed E-state index contributed by atoms with van der Waals surface area (Å²) in [6.45, 7) is 1.23. The number of hydrogen-bond acceptors (Lipinski definition) is 3. The predicted octanol–water partition coefficient (Wildman–Crippen LogP) is -0.212. The second-order valence-electron chi connectivity index (χ2n) is 5.12. The lowest BCUT2D eigenvalue weighted by molar-refractivity contribution is -0.147. The first-order valence-corrected chi connectivity index (χ1v) is 6.24. The Morgan fingerprint density at radius 2 is 1.89 bits per heavy atom. The van der Waals surface area contributed by atoms with Crippen LogP contribution in [0.15, 0.2) is 0 Å². The minimum absolute atomic E-state index is 0.0534. The Morgan fingerprint density at radius 1 is 1.22 bits per heavy atom. The van der Waals surface area contributed by atoms with Crippen LogP contribution in [0.2, 0.25) is 0 Å². The van der Waals surface area contributed by atoms with Gasteiger partial charge in [-0.05, 0) is 19.3 Å². The average Bonchev–Trinajstić information content (AvgIpc) is 2.81. The largest absolute Gasteiger partial charge is 0.481 e. The number of carbonyl (C=O) groups excluding carboxylic acids is 2. The zero-order chi connectivity index (χ0) is 13.3. The highest BCUT2D eigenvalue weighted by Crippen LogP contribution is 2.32. The Hall–Kier alpha value is -1.59. The maximum Gasteiger partial charge on any atom is 0.306 e. The fourth-order valence-electron chi connectivity index (χ4n) is 2.63. The van der Waals surface area contributed by atoms with E-state index in [2.05, 4.69) is 0 Å². The number of piperazine rings is 1. The van der Waals surface area contributed by atoms with Crippen LogP contribution in [0.3, 0.4) is 0 Å². The van der Waals surface area contributed by atoms with Crippen molar-refractivity contribution < 1.29 is 19.5 Å². The van der Waals surface area contributed by atoms with E-state index in [1.807, 2.05) is 0 Å². The van der Waals surface area contributed by atoms with Crippen LogP contribution in [-0.4, -0.2) is 59.4 Å². The van der Waals surface area contributed by atoms with E-state index in [0.29, 0.717) is 32.4 Å². The molecule has 1 heterocycles.